The predicted octanol–water partition coefficient (Wildman–Crippen LogP) is 4.91. The second-order valence-electron chi connectivity index (χ2n) is 4.74. The van der Waals surface area contributed by atoms with E-state index in [0.717, 1.165) is 21.2 Å². The second kappa shape index (κ2) is 3.75. The molecule has 0 nitrogen and oxygen atoms in total. The number of benzene rings is 1. The Bertz CT molecular complexity index is 360. The average molecular weight is 231 g/mol. The molecule has 0 spiro atoms. The Labute approximate surface area is 96.2 Å². The summed E-state index contributed by atoms with van der Waals surface area (Å²) in [5.41, 5.74) is 3.31. The Balaban J connectivity index is 3.49. The zero-order valence-electron chi connectivity index (χ0n) is 9.33. The molecule has 0 unspecified atom stereocenters. The van der Waals surface area contributed by atoms with E-state index in [1.165, 1.54) is 5.56 Å². The minimum atomic E-state index is 0.0667. The van der Waals surface area contributed by atoms with E-state index in [0.29, 0.717) is 0 Å². The van der Waals surface area contributed by atoms with E-state index in [1.54, 1.807) is 0 Å². The zero-order chi connectivity index (χ0) is 11.1. The maximum absolute atomic E-state index is 6.27. The molecule has 2 heteroatoms. The van der Waals surface area contributed by atoms with Crippen LogP contribution >= 0.6 is 23.2 Å². The Morgan fingerprint density at radius 2 is 1.50 bits per heavy atom. The first-order valence-electron chi connectivity index (χ1n) is 4.71. The van der Waals surface area contributed by atoms with Gasteiger partial charge >= 0.3 is 0 Å². The summed E-state index contributed by atoms with van der Waals surface area (Å²) in [4.78, 5) is 0. The van der Waals surface area contributed by atoms with Crippen LogP contribution in [-0.4, -0.2) is 0 Å². The standard InChI is InChI=1S/C12H16Cl2/c1-7-6-9(12(3,4)5)11(14)8(2)10(7)13/h6H,1-5H3. The van der Waals surface area contributed by atoms with E-state index in [-0.39, 0.29) is 5.41 Å². The van der Waals surface area contributed by atoms with E-state index in [9.17, 15) is 0 Å². The van der Waals surface area contributed by atoms with Crippen LogP contribution in [-0.2, 0) is 5.41 Å². The molecule has 0 bridgehead atoms. The van der Waals surface area contributed by atoms with Crippen molar-refractivity contribution in [1.82, 2.24) is 0 Å². The highest BCUT2D eigenvalue weighted by Crippen LogP contribution is 2.36. The summed E-state index contributed by atoms with van der Waals surface area (Å²) in [6, 6.07) is 2.08. The third kappa shape index (κ3) is 2.07. The van der Waals surface area contributed by atoms with Gasteiger partial charge in [0.2, 0.25) is 0 Å². The van der Waals surface area contributed by atoms with Gasteiger partial charge in [0, 0.05) is 10.0 Å². The molecule has 0 heterocycles. The van der Waals surface area contributed by atoms with Crippen molar-refractivity contribution in [2.45, 2.75) is 40.0 Å². The van der Waals surface area contributed by atoms with Crippen LogP contribution < -0.4 is 0 Å². The van der Waals surface area contributed by atoms with Gasteiger partial charge in [-0.15, -0.1) is 0 Å². The van der Waals surface area contributed by atoms with Crippen molar-refractivity contribution in [3.8, 4) is 0 Å². The van der Waals surface area contributed by atoms with Crippen LogP contribution in [0.5, 0.6) is 0 Å². The van der Waals surface area contributed by atoms with Crippen molar-refractivity contribution in [3.63, 3.8) is 0 Å². The van der Waals surface area contributed by atoms with Crippen molar-refractivity contribution < 1.29 is 0 Å². The monoisotopic (exact) mass is 230 g/mol. The van der Waals surface area contributed by atoms with E-state index >= 15 is 0 Å². The lowest BCUT2D eigenvalue weighted by atomic mass is 9.85. The van der Waals surface area contributed by atoms with Gasteiger partial charge in [-0.2, -0.15) is 0 Å². The van der Waals surface area contributed by atoms with Crippen LogP contribution in [0, 0.1) is 13.8 Å². The molecule has 0 saturated carbocycles. The molecule has 0 aliphatic carbocycles. The number of hydrogen-bond donors (Lipinski definition) is 0. The summed E-state index contributed by atoms with van der Waals surface area (Å²) in [6.45, 7) is 10.4. The summed E-state index contributed by atoms with van der Waals surface area (Å²) >= 11 is 12.4. The fraction of sp³-hybridized carbons (Fsp3) is 0.500. The summed E-state index contributed by atoms with van der Waals surface area (Å²) in [6.07, 6.45) is 0. The third-order valence-electron chi connectivity index (χ3n) is 2.41. The molecule has 1 aromatic rings. The molecule has 0 radical (unpaired) electrons. The maximum atomic E-state index is 6.27. The van der Waals surface area contributed by atoms with Crippen molar-refractivity contribution in [2.24, 2.45) is 0 Å². The Hall–Kier alpha value is -0.200. The molecule has 0 N–H and O–H groups in total. The minimum absolute atomic E-state index is 0.0667. The summed E-state index contributed by atoms with van der Waals surface area (Å²) < 4.78 is 0. The number of rotatable bonds is 0. The smallest absolute Gasteiger partial charge is 0.0487 e. The topological polar surface area (TPSA) is 0 Å². The first-order chi connectivity index (χ1) is 6.25. The Kier molecular flexibility index (Phi) is 3.18. The molecule has 0 saturated heterocycles. The number of aryl methyl sites for hydroxylation is 1. The quantitative estimate of drug-likeness (QED) is 0.595. The zero-order valence-corrected chi connectivity index (χ0v) is 10.8. The first kappa shape index (κ1) is 11.9. The van der Waals surface area contributed by atoms with Gasteiger partial charge in [0.1, 0.15) is 0 Å². The van der Waals surface area contributed by atoms with Crippen molar-refractivity contribution in [3.05, 3.63) is 32.8 Å². The molecule has 0 aromatic heterocycles. The first-order valence-corrected chi connectivity index (χ1v) is 5.46. The lowest BCUT2D eigenvalue weighted by molar-refractivity contribution is 0.589. The van der Waals surface area contributed by atoms with Gasteiger partial charge in [-0.05, 0) is 36.0 Å². The minimum Gasteiger partial charge on any atom is -0.0837 e. The highest BCUT2D eigenvalue weighted by atomic mass is 35.5. The largest absolute Gasteiger partial charge is 0.0837 e. The molecular weight excluding hydrogens is 215 g/mol. The number of halogens is 2. The third-order valence-corrected chi connectivity index (χ3v) is 3.48. The van der Waals surface area contributed by atoms with Gasteiger partial charge in [-0.25, -0.2) is 0 Å². The lowest BCUT2D eigenvalue weighted by Gasteiger charge is -2.23. The van der Waals surface area contributed by atoms with Gasteiger partial charge in [-0.3, -0.25) is 0 Å². The van der Waals surface area contributed by atoms with Gasteiger partial charge in [-0.1, -0.05) is 50.0 Å². The molecule has 0 aliphatic rings. The van der Waals surface area contributed by atoms with E-state index in [4.69, 9.17) is 23.2 Å². The fourth-order valence-corrected chi connectivity index (χ4v) is 2.11. The lowest BCUT2D eigenvalue weighted by Crippen LogP contribution is -2.13. The van der Waals surface area contributed by atoms with Crippen molar-refractivity contribution >= 4 is 23.2 Å². The molecule has 0 amide bonds. The normalized spacial score (nSPS) is 11.9. The molecule has 0 aliphatic heterocycles. The molecule has 14 heavy (non-hydrogen) atoms. The molecule has 0 atom stereocenters. The highest BCUT2D eigenvalue weighted by molar-refractivity contribution is 6.37. The fourth-order valence-electron chi connectivity index (χ4n) is 1.48. The van der Waals surface area contributed by atoms with Crippen LogP contribution in [0.4, 0.5) is 0 Å². The van der Waals surface area contributed by atoms with Gasteiger partial charge in [0.25, 0.3) is 0 Å². The van der Waals surface area contributed by atoms with Crippen LogP contribution in [0.3, 0.4) is 0 Å². The van der Waals surface area contributed by atoms with E-state index in [1.807, 2.05) is 13.8 Å². The molecular formula is C12H16Cl2. The SMILES string of the molecule is Cc1cc(C(C)(C)C)c(Cl)c(C)c1Cl. The number of hydrogen-bond acceptors (Lipinski definition) is 0. The van der Waals surface area contributed by atoms with Crippen molar-refractivity contribution in [1.29, 1.82) is 0 Å². The van der Waals surface area contributed by atoms with Crippen LogP contribution in [0.1, 0.15) is 37.5 Å². The van der Waals surface area contributed by atoms with Crippen LogP contribution in [0.25, 0.3) is 0 Å². The van der Waals surface area contributed by atoms with Crippen LogP contribution in [0.15, 0.2) is 6.07 Å². The molecule has 78 valence electrons. The molecule has 1 rings (SSSR count). The Morgan fingerprint density at radius 3 is 1.93 bits per heavy atom. The molecule has 0 fully saturated rings. The molecule has 1 aromatic carbocycles. The van der Waals surface area contributed by atoms with Crippen LogP contribution in [0.2, 0.25) is 10.0 Å². The van der Waals surface area contributed by atoms with Crippen molar-refractivity contribution in [2.75, 3.05) is 0 Å². The highest BCUT2D eigenvalue weighted by Gasteiger charge is 2.20. The maximum Gasteiger partial charge on any atom is 0.0487 e. The summed E-state index contributed by atoms with van der Waals surface area (Å²) in [7, 11) is 0. The van der Waals surface area contributed by atoms with E-state index in [2.05, 4.69) is 26.8 Å². The predicted molar refractivity (Wildman–Crippen MR) is 64.6 cm³/mol. The van der Waals surface area contributed by atoms with Gasteiger partial charge in [0.15, 0.2) is 0 Å². The average Bonchev–Trinajstić information content (AvgIpc) is 2.06. The van der Waals surface area contributed by atoms with Gasteiger partial charge < -0.3 is 0 Å². The van der Waals surface area contributed by atoms with E-state index < -0.39 is 0 Å². The second-order valence-corrected chi connectivity index (χ2v) is 5.50. The Morgan fingerprint density at radius 1 is 1.00 bits per heavy atom. The summed E-state index contributed by atoms with van der Waals surface area (Å²) in [5, 5.41) is 1.58. The summed E-state index contributed by atoms with van der Waals surface area (Å²) in [5.74, 6) is 0. The van der Waals surface area contributed by atoms with Gasteiger partial charge in [0.05, 0.1) is 0 Å².